The van der Waals surface area contributed by atoms with Crippen LogP contribution in [0.25, 0.3) is 0 Å². The Balaban J connectivity index is 1.65. The van der Waals surface area contributed by atoms with Crippen molar-refractivity contribution in [3.8, 4) is 0 Å². The number of benzene rings is 1. The van der Waals surface area contributed by atoms with Gasteiger partial charge in [0.15, 0.2) is 5.82 Å². The molecule has 1 fully saturated rings. The topological polar surface area (TPSA) is 60.3 Å². The molecule has 1 saturated heterocycles. The Morgan fingerprint density at radius 2 is 2.12 bits per heavy atom. The van der Waals surface area contributed by atoms with E-state index < -0.39 is 0 Å². The van der Waals surface area contributed by atoms with Crippen LogP contribution in [0.4, 0.5) is 0 Å². The monoisotopic (exact) mass is 326 g/mol. The van der Waals surface area contributed by atoms with E-state index in [2.05, 4.69) is 22.3 Å². The van der Waals surface area contributed by atoms with Gasteiger partial charge in [-0.25, -0.2) is 0 Å². The van der Waals surface area contributed by atoms with Crippen molar-refractivity contribution in [3.05, 3.63) is 47.0 Å². The van der Waals surface area contributed by atoms with Crippen LogP contribution >= 0.6 is 0 Å². The van der Waals surface area contributed by atoms with Gasteiger partial charge in [-0.3, -0.25) is 4.79 Å². The lowest BCUT2D eigenvalue weighted by Gasteiger charge is -2.24. The van der Waals surface area contributed by atoms with Gasteiger partial charge in [0.2, 0.25) is 0 Å². The number of aromatic nitrogens is 3. The van der Waals surface area contributed by atoms with Crippen LogP contribution in [0, 0.1) is 0 Å². The largest absolute Gasteiger partial charge is 0.380 e. The van der Waals surface area contributed by atoms with Gasteiger partial charge >= 0.3 is 0 Å². The second kappa shape index (κ2) is 6.02. The molecule has 0 N–H and O–H groups in total. The maximum absolute atomic E-state index is 13.1. The zero-order chi connectivity index (χ0) is 16.7. The van der Waals surface area contributed by atoms with E-state index in [1.807, 2.05) is 22.6 Å². The van der Waals surface area contributed by atoms with E-state index in [0.29, 0.717) is 6.54 Å². The van der Waals surface area contributed by atoms with Gasteiger partial charge in [0.1, 0.15) is 6.33 Å². The van der Waals surface area contributed by atoms with Crippen LogP contribution < -0.4 is 0 Å². The summed E-state index contributed by atoms with van der Waals surface area (Å²) in [4.78, 5) is 15.0. The van der Waals surface area contributed by atoms with Gasteiger partial charge in [-0.05, 0) is 42.5 Å². The van der Waals surface area contributed by atoms with Crippen molar-refractivity contribution in [2.75, 3.05) is 13.7 Å². The van der Waals surface area contributed by atoms with Gasteiger partial charge in [0.25, 0.3) is 5.91 Å². The molecule has 0 bridgehead atoms. The number of fused-ring (bicyclic) bond motifs is 1. The number of carbonyl (C=O) groups excluding carboxylic acids is 1. The Morgan fingerprint density at radius 1 is 1.29 bits per heavy atom. The third kappa shape index (κ3) is 2.51. The third-order valence-electron chi connectivity index (χ3n) is 5.25. The van der Waals surface area contributed by atoms with Crippen molar-refractivity contribution in [2.45, 2.75) is 37.8 Å². The average molecular weight is 326 g/mol. The molecule has 1 aromatic heterocycles. The molecule has 1 aliphatic heterocycles. The number of hydrogen-bond acceptors (Lipinski definition) is 4. The molecule has 0 saturated carbocycles. The summed E-state index contributed by atoms with van der Waals surface area (Å²) < 4.78 is 7.40. The molecule has 6 nitrogen and oxygen atoms in total. The number of hydrogen-bond donors (Lipinski definition) is 0. The second-order valence-electron chi connectivity index (χ2n) is 6.70. The lowest BCUT2D eigenvalue weighted by Crippen LogP contribution is -2.33. The Bertz CT molecular complexity index is 770. The van der Waals surface area contributed by atoms with Crippen molar-refractivity contribution in [3.63, 3.8) is 0 Å². The zero-order valence-corrected chi connectivity index (χ0v) is 14.1. The highest BCUT2D eigenvalue weighted by molar-refractivity contribution is 5.95. The number of amides is 1. The minimum absolute atomic E-state index is 0.0325. The van der Waals surface area contributed by atoms with Crippen LogP contribution in [-0.2, 0) is 24.6 Å². The molecule has 1 aromatic carbocycles. The molecule has 1 aliphatic carbocycles. The first-order valence-corrected chi connectivity index (χ1v) is 8.47. The average Bonchev–Trinajstić information content (AvgIpc) is 3.31. The molecule has 24 heavy (non-hydrogen) atoms. The number of methoxy groups -OCH3 is 1. The van der Waals surface area contributed by atoms with Gasteiger partial charge < -0.3 is 14.2 Å². The lowest BCUT2D eigenvalue weighted by atomic mass is 10.1. The Labute approximate surface area is 141 Å². The number of aryl methyl sites for hydroxylation is 3. The quantitative estimate of drug-likeness (QED) is 0.864. The van der Waals surface area contributed by atoms with Gasteiger partial charge in [0.05, 0.1) is 12.1 Å². The van der Waals surface area contributed by atoms with E-state index in [-0.39, 0.29) is 18.1 Å². The van der Waals surface area contributed by atoms with Crippen molar-refractivity contribution in [2.24, 2.45) is 7.05 Å². The van der Waals surface area contributed by atoms with Crippen LogP contribution in [0.2, 0.25) is 0 Å². The second-order valence-corrected chi connectivity index (χ2v) is 6.70. The van der Waals surface area contributed by atoms with Crippen LogP contribution in [0.5, 0.6) is 0 Å². The summed E-state index contributed by atoms with van der Waals surface area (Å²) in [6.45, 7) is 0.587. The van der Waals surface area contributed by atoms with E-state index in [1.165, 1.54) is 17.5 Å². The zero-order valence-electron chi connectivity index (χ0n) is 14.1. The van der Waals surface area contributed by atoms with Crippen molar-refractivity contribution < 1.29 is 9.53 Å². The van der Waals surface area contributed by atoms with Crippen LogP contribution in [0.15, 0.2) is 24.5 Å². The smallest absolute Gasteiger partial charge is 0.254 e. The van der Waals surface area contributed by atoms with E-state index >= 15 is 0 Å². The first-order valence-electron chi connectivity index (χ1n) is 8.47. The summed E-state index contributed by atoms with van der Waals surface area (Å²) in [5.74, 6) is 0.862. The molecule has 126 valence electrons. The minimum Gasteiger partial charge on any atom is -0.380 e. The molecule has 6 heteroatoms. The number of likely N-dealkylation sites (tertiary alicyclic amines) is 1. The fourth-order valence-corrected chi connectivity index (χ4v) is 3.90. The van der Waals surface area contributed by atoms with Gasteiger partial charge in [-0.2, -0.15) is 0 Å². The van der Waals surface area contributed by atoms with Gasteiger partial charge in [-0.15, -0.1) is 10.2 Å². The molecule has 4 rings (SSSR count). The summed E-state index contributed by atoms with van der Waals surface area (Å²) in [6.07, 6.45) is 5.84. The highest BCUT2D eigenvalue weighted by Crippen LogP contribution is 2.34. The van der Waals surface area contributed by atoms with Crippen molar-refractivity contribution >= 4 is 5.91 Å². The highest BCUT2D eigenvalue weighted by atomic mass is 16.5. The standard InChI is InChI=1S/C18H22N4O2/c1-21-11-19-20-17(21)16-9-15(24-2)10-22(16)18(23)14-7-6-12-4-3-5-13(12)8-14/h6-8,11,15-16H,3-5,9-10H2,1-2H3/t15-,16+/m1/s1. The molecule has 2 atom stereocenters. The van der Waals surface area contributed by atoms with E-state index in [9.17, 15) is 4.79 Å². The predicted octanol–water partition coefficient (Wildman–Crippen LogP) is 1.91. The summed E-state index contributed by atoms with van der Waals surface area (Å²) in [5.41, 5.74) is 3.46. The Kier molecular flexibility index (Phi) is 3.84. The number of rotatable bonds is 3. The van der Waals surface area contributed by atoms with E-state index in [4.69, 9.17) is 4.74 Å². The fourth-order valence-electron chi connectivity index (χ4n) is 3.90. The SMILES string of the molecule is CO[C@@H]1C[C@@H](c2nncn2C)N(C(=O)c2ccc3c(c2)CCC3)C1. The van der Waals surface area contributed by atoms with Crippen LogP contribution in [0.1, 0.15) is 46.2 Å². The highest BCUT2D eigenvalue weighted by Gasteiger charge is 2.39. The van der Waals surface area contributed by atoms with Crippen LogP contribution in [-0.4, -0.2) is 45.3 Å². The molecule has 0 radical (unpaired) electrons. The molecular formula is C18H22N4O2. The summed E-state index contributed by atoms with van der Waals surface area (Å²) in [5, 5.41) is 8.18. The molecular weight excluding hydrogens is 304 g/mol. The summed E-state index contributed by atoms with van der Waals surface area (Å²) in [6, 6.07) is 6.04. The van der Waals surface area contributed by atoms with Gasteiger partial charge in [0, 0.05) is 32.7 Å². The summed E-state index contributed by atoms with van der Waals surface area (Å²) in [7, 11) is 3.61. The molecule has 2 aromatic rings. The Hall–Kier alpha value is -2.21. The predicted molar refractivity (Wildman–Crippen MR) is 88.7 cm³/mol. The number of carbonyl (C=O) groups is 1. The molecule has 0 spiro atoms. The summed E-state index contributed by atoms with van der Waals surface area (Å²) >= 11 is 0. The number of nitrogens with zero attached hydrogens (tertiary/aromatic N) is 4. The van der Waals surface area contributed by atoms with Crippen molar-refractivity contribution in [1.82, 2.24) is 19.7 Å². The fraction of sp³-hybridized carbons (Fsp3) is 0.500. The maximum atomic E-state index is 13.1. The molecule has 2 heterocycles. The first-order chi connectivity index (χ1) is 11.7. The maximum Gasteiger partial charge on any atom is 0.254 e. The molecule has 1 amide bonds. The van der Waals surface area contributed by atoms with Crippen LogP contribution in [0.3, 0.4) is 0 Å². The molecule has 0 unspecified atom stereocenters. The van der Waals surface area contributed by atoms with Crippen molar-refractivity contribution in [1.29, 1.82) is 0 Å². The minimum atomic E-state index is -0.0943. The van der Waals surface area contributed by atoms with E-state index in [0.717, 1.165) is 30.7 Å². The Morgan fingerprint density at radius 3 is 2.88 bits per heavy atom. The normalized spacial score (nSPS) is 22.8. The van der Waals surface area contributed by atoms with Gasteiger partial charge in [-0.1, -0.05) is 6.07 Å². The lowest BCUT2D eigenvalue weighted by molar-refractivity contribution is 0.0683. The first kappa shape index (κ1) is 15.3. The van der Waals surface area contributed by atoms with E-state index in [1.54, 1.807) is 13.4 Å². The third-order valence-corrected chi connectivity index (χ3v) is 5.25. The molecule has 2 aliphatic rings. The number of ether oxygens (including phenoxy) is 1.